The van der Waals surface area contributed by atoms with E-state index >= 15 is 0 Å². The first kappa shape index (κ1) is 18.5. The Labute approximate surface area is 159 Å². The van der Waals surface area contributed by atoms with Gasteiger partial charge in [-0.3, -0.25) is 9.59 Å². The van der Waals surface area contributed by atoms with E-state index in [1.165, 1.54) is 18.1 Å². The van der Waals surface area contributed by atoms with Crippen LogP contribution < -0.4 is 5.32 Å². The SMILES string of the molecule is CC(=O)N1[C@@H](C(=O)NCc2ccc(C)cc2)CS[C@H]1c1ccc(C)cc1. The van der Waals surface area contributed by atoms with E-state index in [9.17, 15) is 9.59 Å². The minimum Gasteiger partial charge on any atom is -0.350 e. The van der Waals surface area contributed by atoms with Crippen molar-refractivity contribution in [3.8, 4) is 0 Å². The van der Waals surface area contributed by atoms with Crippen LogP contribution in [-0.4, -0.2) is 28.5 Å². The van der Waals surface area contributed by atoms with Gasteiger partial charge in [-0.15, -0.1) is 11.8 Å². The van der Waals surface area contributed by atoms with Crippen molar-refractivity contribution in [3.63, 3.8) is 0 Å². The maximum atomic E-state index is 12.7. The van der Waals surface area contributed by atoms with Crippen LogP contribution in [0.25, 0.3) is 0 Å². The number of carbonyl (C=O) groups is 2. The van der Waals surface area contributed by atoms with Gasteiger partial charge in [-0.05, 0) is 25.0 Å². The number of hydrogen-bond acceptors (Lipinski definition) is 3. The molecule has 5 heteroatoms. The Balaban J connectivity index is 1.70. The molecule has 26 heavy (non-hydrogen) atoms. The van der Waals surface area contributed by atoms with E-state index in [0.717, 1.165) is 11.1 Å². The summed E-state index contributed by atoms with van der Waals surface area (Å²) >= 11 is 1.64. The van der Waals surface area contributed by atoms with Gasteiger partial charge in [0, 0.05) is 19.2 Å². The van der Waals surface area contributed by atoms with Crippen molar-refractivity contribution < 1.29 is 9.59 Å². The first-order valence-corrected chi connectivity index (χ1v) is 9.81. The third-order valence-electron chi connectivity index (χ3n) is 4.62. The van der Waals surface area contributed by atoms with E-state index in [1.54, 1.807) is 16.7 Å². The topological polar surface area (TPSA) is 49.4 Å². The predicted molar refractivity (Wildman–Crippen MR) is 106 cm³/mol. The lowest BCUT2D eigenvalue weighted by Crippen LogP contribution is -2.47. The fourth-order valence-electron chi connectivity index (χ4n) is 3.09. The molecule has 2 amide bonds. The molecule has 0 saturated carbocycles. The lowest BCUT2D eigenvalue weighted by Gasteiger charge is -2.28. The highest BCUT2D eigenvalue weighted by molar-refractivity contribution is 7.99. The molecular formula is C21H24N2O2S. The molecule has 2 aromatic rings. The number of nitrogens with zero attached hydrogens (tertiary/aromatic N) is 1. The highest BCUT2D eigenvalue weighted by Crippen LogP contribution is 2.41. The normalized spacial score (nSPS) is 19.4. The number of benzene rings is 2. The first-order valence-electron chi connectivity index (χ1n) is 8.76. The zero-order valence-corrected chi connectivity index (χ0v) is 16.2. The number of nitrogens with one attached hydrogen (secondary N) is 1. The van der Waals surface area contributed by atoms with Crippen LogP contribution in [0.4, 0.5) is 0 Å². The third kappa shape index (κ3) is 4.10. The van der Waals surface area contributed by atoms with Gasteiger partial charge in [-0.1, -0.05) is 59.7 Å². The molecule has 2 atom stereocenters. The van der Waals surface area contributed by atoms with Crippen molar-refractivity contribution in [3.05, 3.63) is 70.8 Å². The molecule has 1 fully saturated rings. The Morgan fingerprint density at radius 1 is 1.04 bits per heavy atom. The number of carbonyl (C=O) groups excluding carboxylic acids is 2. The van der Waals surface area contributed by atoms with Gasteiger partial charge >= 0.3 is 0 Å². The first-order chi connectivity index (χ1) is 12.5. The van der Waals surface area contributed by atoms with E-state index in [-0.39, 0.29) is 17.2 Å². The van der Waals surface area contributed by atoms with Crippen LogP contribution in [0.3, 0.4) is 0 Å². The molecule has 1 N–H and O–H groups in total. The summed E-state index contributed by atoms with van der Waals surface area (Å²) in [5, 5.41) is 2.87. The molecule has 2 aromatic carbocycles. The van der Waals surface area contributed by atoms with E-state index in [4.69, 9.17) is 0 Å². The second-order valence-corrected chi connectivity index (χ2v) is 7.86. The van der Waals surface area contributed by atoms with E-state index < -0.39 is 6.04 Å². The summed E-state index contributed by atoms with van der Waals surface area (Å²) in [6.07, 6.45) is 0. The molecule has 0 radical (unpaired) electrons. The monoisotopic (exact) mass is 368 g/mol. The molecule has 0 spiro atoms. The Kier molecular flexibility index (Phi) is 5.67. The molecule has 1 aliphatic heterocycles. The maximum Gasteiger partial charge on any atom is 0.243 e. The zero-order chi connectivity index (χ0) is 18.7. The fraction of sp³-hybridized carbons (Fsp3) is 0.333. The molecule has 1 heterocycles. The largest absolute Gasteiger partial charge is 0.350 e. The summed E-state index contributed by atoms with van der Waals surface area (Å²) < 4.78 is 0. The molecule has 0 bridgehead atoms. The Hall–Kier alpha value is -2.27. The van der Waals surface area contributed by atoms with Gasteiger partial charge in [0.2, 0.25) is 11.8 Å². The van der Waals surface area contributed by atoms with Crippen molar-refractivity contribution in [1.82, 2.24) is 10.2 Å². The fourth-order valence-corrected chi connectivity index (χ4v) is 4.58. The number of hydrogen-bond donors (Lipinski definition) is 1. The average Bonchev–Trinajstić information content (AvgIpc) is 3.07. The van der Waals surface area contributed by atoms with Crippen LogP contribution >= 0.6 is 11.8 Å². The van der Waals surface area contributed by atoms with Crippen LogP contribution in [0.5, 0.6) is 0 Å². The molecule has 136 valence electrons. The van der Waals surface area contributed by atoms with Crippen LogP contribution in [-0.2, 0) is 16.1 Å². The molecule has 1 aliphatic rings. The van der Waals surface area contributed by atoms with Gasteiger partial charge in [0.1, 0.15) is 11.4 Å². The van der Waals surface area contributed by atoms with Crippen molar-refractivity contribution in [2.24, 2.45) is 0 Å². The lowest BCUT2D eigenvalue weighted by atomic mass is 10.1. The smallest absolute Gasteiger partial charge is 0.243 e. The van der Waals surface area contributed by atoms with Gasteiger partial charge in [-0.25, -0.2) is 0 Å². The second-order valence-electron chi connectivity index (χ2n) is 6.74. The van der Waals surface area contributed by atoms with Gasteiger partial charge in [0.25, 0.3) is 0 Å². The van der Waals surface area contributed by atoms with Gasteiger partial charge in [0.05, 0.1) is 0 Å². The summed E-state index contributed by atoms with van der Waals surface area (Å²) in [5.74, 6) is 0.441. The summed E-state index contributed by atoms with van der Waals surface area (Å²) in [7, 11) is 0. The van der Waals surface area contributed by atoms with E-state index in [2.05, 4.69) is 5.32 Å². The highest BCUT2D eigenvalue weighted by Gasteiger charge is 2.40. The van der Waals surface area contributed by atoms with Crippen LogP contribution in [0.15, 0.2) is 48.5 Å². The van der Waals surface area contributed by atoms with E-state index in [0.29, 0.717) is 12.3 Å². The van der Waals surface area contributed by atoms with Crippen molar-refractivity contribution >= 4 is 23.6 Å². The average molecular weight is 369 g/mol. The summed E-state index contributed by atoms with van der Waals surface area (Å²) in [6.45, 7) is 6.08. The molecule has 1 saturated heterocycles. The summed E-state index contributed by atoms with van der Waals surface area (Å²) in [6, 6.07) is 15.8. The molecule has 0 unspecified atom stereocenters. The zero-order valence-electron chi connectivity index (χ0n) is 15.4. The second kappa shape index (κ2) is 7.96. The third-order valence-corrected chi connectivity index (χ3v) is 5.94. The molecule has 0 aliphatic carbocycles. The summed E-state index contributed by atoms with van der Waals surface area (Å²) in [4.78, 5) is 26.7. The number of aryl methyl sites for hydroxylation is 2. The van der Waals surface area contributed by atoms with E-state index in [1.807, 2.05) is 62.4 Å². The molecule has 3 rings (SSSR count). The molecular weight excluding hydrogens is 344 g/mol. The number of rotatable bonds is 4. The standard InChI is InChI=1S/C21H24N2O2S/c1-14-4-8-17(9-5-14)12-22-20(25)19-13-26-21(23(19)16(3)24)18-10-6-15(2)7-11-18/h4-11,19,21H,12-13H2,1-3H3,(H,22,25)/t19-,21+/m1/s1. The van der Waals surface area contributed by atoms with Crippen molar-refractivity contribution in [1.29, 1.82) is 0 Å². The maximum absolute atomic E-state index is 12.7. The highest BCUT2D eigenvalue weighted by atomic mass is 32.2. The summed E-state index contributed by atoms with van der Waals surface area (Å²) in [5.41, 5.74) is 4.48. The van der Waals surface area contributed by atoms with Crippen molar-refractivity contribution in [2.45, 2.75) is 38.7 Å². The minimum absolute atomic E-state index is 0.0731. The Bertz CT molecular complexity index is 787. The number of thioether (sulfide) groups is 1. The predicted octanol–water partition coefficient (Wildman–Crippen LogP) is 3.58. The lowest BCUT2D eigenvalue weighted by molar-refractivity contribution is -0.138. The van der Waals surface area contributed by atoms with Crippen LogP contribution in [0, 0.1) is 13.8 Å². The van der Waals surface area contributed by atoms with Gasteiger partial charge in [-0.2, -0.15) is 0 Å². The molecule has 4 nitrogen and oxygen atoms in total. The minimum atomic E-state index is -0.436. The Morgan fingerprint density at radius 2 is 1.62 bits per heavy atom. The van der Waals surface area contributed by atoms with Gasteiger partial charge < -0.3 is 10.2 Å². The quantitative estimate of drug-likeness (QED) is 0.897. The number of amides is 2. The van der Waals surface area contributed by atoms with Crippen LogP contribution in [0.2, 0.25) is 0 Å². The van der Waals surface area contributed by atoms with Crippen molar-refractivity contribution in [2.75, 3.05) is 5.75 Å². The van der Waals surface area contributed by atoms with Gasteiger partial charge in [0.15, 0.2) is 0 Å². The molecule has 0 aromatic heterocycles. The Morgan fingerprint density at radius 3 is 2.19 bits per heavy atom. The van der Waals surface area contributed by atoms with Crippen LogP contribution in [0.1, 0.15) is 34.6 Å².